The summed E-state index contributed by atoms with van der Waals surface area (Å²) in [4.78, 5) is 40.1. The van der Waals surface area contributed by atoms with E-state index in [4.69, 9.17) is 0 Å². The van der Waals surface area contributed by atoms with Crippen LogP contribution in [0, 0.1) is 5.92 Å². The van der Waals surface area contributed by atoms with E-state index in [0.29, 0.717) is 12.2 Å². The van der Waals surface area contributed by atoms with Crippen molar-refractivity contribution in [1.82, 2.24) is 19.4 Å². The minimum Gasteiger partial charge on any atom is -0.324 e. The van der Waals surface area contributed by atoms with Crippen LogP contribution in [-0.2, 0) is 18.9 Å². The maximum atomic E-state index is 12.2. The quantitative estimate of drug-likeness (QED) is 0.788. The number of carbonyl (C=O) groups is 1. The fraction of sp³-hybridized carbons (Fsp3) is 0.429. The van der Waals surface area contributed by atoms with E-state index in [1.807, 2.05) is 0 Å². The van der Waals surface area contributed by atoms with Gasteiger partial charge in [0.15, 0.2) is 0 Å². The van der Waals surface area contributed by atoms with Gasteiger partial charge in [-0.1, -0.05) is 6.92 Å². The van der Waals surface area contributed by atoms with Crippen LogP contribution in [0.2, 0.25) is 0 Å². The predicted octanol–water partition coefficient (Wildman–Crippen LogP) is -0.574. The largest absolute Gasteiger partial charge is 0.332 e. The Hall–Kier alpha value is -2.48. The van der Waals surface area contributed by atoms with Crippen LogP contribution >= 0.6 is 0 Å². The van der Waals surface area contributed by atoms with E-state index in [9.17, 15) is 14.4 Å². The first-order valence-electron chi connectivity index (χ1n) is 6.88. The molecule has 2 aromatic heterocycles. The highest BCUT2D eigenvalue weighted by atomic mass is 16.2. The molecule has 0 aliphatic rings. The average molecular weight is 305 g/mol. The number of aromatic nitrogens is 3. The molecule has 2 aromatic rings. The number of rotatable bonds is 4. The Bertz CT molecular complexity index is 837. The minimum absolute atomic E-state index is 0.169. The molecule has 2 rings (SSSR count). The number of carbonyl (C=O) groups excluding carboxylic acids is 1. The zero-order valence-corrected chi connectivity index (χ0v) is 13.0. The number of pyridine rings is 1. The second-order valence-electron chi connectivity index (χ2n) is 5.25. The molecule has 2 heterocycles. The zero-order chi connectivity index (χ0) is 16.4. The molecule has 118 valence electrons. The van der Waals surface area contributed by atoms with Gasteiger partial charge in [0, 0.05) is 26.6 Å². The molecular formula is C14H19N5O3. The Balaban J connectivity index is 2.46. The molecule has 0 bridgehead atoms. The molecule has 2 N–H and O–H groups in total. The summed E-state index contributed by atoms with van der Waals surface area (Å²) in [5.41, 5.74) is -0.167. The lowest BCUT2D eigenvalue weighted by Crippen LogP contribution is -2.37. The normalized spacial score (nSPS) is 12.4. The monoisotopic (exact) mass is 305 g/mol. The Kier molecular flexibility index (Phi) is 4.41. The molecule has 0 saturated heterocycles. The van der Waals surface area contributed by atoms with Gasteiger partial charge in [0.05, 0.1) is 17.3 Å². The van der Waals surface area contributed by atoms with Crippen molar-refractivity contribution in [2.24, 2.45) is 20.0 Å². The van der Waals surface area contributed by atoms with Crippen molar-refractivity contribution in [3.05, 3.63) is 33.1 Å². The Morgan fingerprint density at radius 2 is 2.00 bits per heavy atom. The van der Waals surface area contributed by atoms with Gasteiger partial charge in [-0.2, -0.15) is 0 Å². The standard InChI is InChI=1S/C14H19N5O3/c1-8(6-15-2)12(20)17-9-5-10-11(16-7-9)18(3)14(22)19(4)13(10)21/h5,7-8,15H,6H2,1-4H3,(H,17,20). The Morgan fingerprint density at radius 1 is 1.32 bits per heavy atom. The maximum Gasteiger partial charge on any atom is 0.332 e. The van der Waals surface area contributed by atoms with Crippen molar-refractivity contribution in [3.63, 3.8) is 0 Å². The van der Waals surface area contributed by atoms with Crippen LogP contribution in [0.1, 0.15) is 6.92 Å². The first kappa shape index (κ1) is 15.9. The summed E-state index contributed by atoms with van der Waals surface area (Å²) in [6.07, 6.45) is 1.44. The molecule has 1 amide bonds. The van der Waals surface area contributed by atoms with Gasteiger partial charge in [0.2, 0.25) is 5.91 Å². The van der Waals surface area contributed by atoms with E-state index in [2.05, 4.69) is 15.6 Å². The molecule has 0 fully saturated rings. The zero-order valence-electron chi connectivity index (χ0n) is 13.0. The van der Waals surface area contributed by atoms with Crippen LogP contribution in [0.3, 0.4) is 0 Å². The third-order valence-corrected chi connectivity index (χ3v) is 3.52. The van der Waals surface area contributed by atoms with E-state index in [-0.39, 0.29) is 22.9 Å². The molecular weight excluding hydrogens is 286 g/mol. The number of nitrogens with one attached hydrogen (secondary N) is 2. The maximum absolute atomic E-state index is 12.2. The Morgan fingerprint density at radius 3 is 2.64 bits per heavy atom. The molecule has 1 unspecified atom stereocenters. The minimum atomic E-state index is -0.440. The van der Waals surface area contributed by atoms with Crippen molar-refractivity contribution >= 4 is 22.6 Å². The van der Waals surface area contributed by atoms with Gasteiger partial charge >= 0.3 is 5.69 Å². The number of hydrogen-bond donors (Lipinski definition) is 2. The summed E-state index contributed by atoms with van der Waals surface area (Å²) >= 11 is 0. The van der Waals surface area contributed by atoms with Crippen molar-refractivity contribution in [2.45, 2.75) is 6.92 Å². The third kappa shape index (κ3) is 2.77. The van der Waals surface area contributed by atoms with Gasteiger partial charge in [0.25, 0.3) is 5.56 Å². The second kappa shape index (κ2) is 6.10. The summed E-state index contributed by atoms with van der Waals surface area (Å²) in [6, 6.07) is 1.54. The van der Waals surface area contributed by atoms with Crippen LogP contribution in [0.15, 0.2) is 21.9 Å². The van der Waals surface area contributed by atoms with E-state index >= 15 is 0 Å². The highest BCUT2D eigenvalue weighted by Crippen LogP contribution is 2.12. The molecule has 0 spiro atoms. The summed E-state index contributed by atoms with van der Waals surface area (Å²) < 4.78 is 2.31. The lowest BCUT2D eigenvalue weighted by molar-refractivity contribution is -0.119. The number of amides is 1. The number of aryl methyl sites for hydroxylation is 1. The molecule has 22 heavy (non-hydrogen) atoms. The molecule has 0 saturated carbocycles. The summed E-state index contributed by atoms with van der Waals surface area (Å²) in [7, 11) is 4.72. The van der Waals surface area contributed by atoms with Crippen LogP contribution in [-0.4, -0.2) is 33.6 Å². The lowest BCUT2D eigenvalue weighted by atomic mass is 10.1. The molecule has 0 aliphatic heterocycles. The summed E-state index contributed by atoms with van der Waals surface area (Å²) in [5.74, 6) is -0.388. The van der Waals surface area contributed by atoms with Gasteiger partial charge in [-0.15, -0.1) is 0 Å². The highest BCUT2D eigenvalue weighted by Gasteiger charge is 2.14. The summed E-state index contributed by atoms with van der Waals surface area (Å²) in [6.45, 7) is 2.34. The van der Waals surface area contributed by atoms with E-state index in [0.717, 1.165) is 4.57 Å². The number of fused-ring (bicyclic) bond motifs is 1. The number of anilines is 1. The molecule has 8 heteroatoms. The van der Waals surface area contributed by atoms with Crippen LogP contribution < -0.4 is 21.9 Å². The number of hydrogen-bond acceptors (Lipinski definition) is 5. The van der Waals surface area contributed by atoms with Crippen molar-refractivity contribution in [1.29, 1.82) is 0 Å². The number of nitrogens with zero attached hydrogens (tertiary/aromatic N) is 3. The van der Waals surface area contributed by atoms with Crippen molar-refractivity contribution in [2.75, 3.05) is 18.9 Å². The fourth-order valence-corrected chi connectivity index (χ4v) is 2.20. The van der Waals surface area contributed by atoms with Crippen molar-refractivity contribution in [3.8, 4) is 0 Å². The second-order valence-corrected chi connectivity index (χ2v) is 5.25. The van der Waals surface area contributed by atoms with E-state index in [1.54, 1.807) is 21.0 Å². The third-order valence-electron chi connectivity index (χ3n) is 3.52. The van der Waals surface area contributed by atoms with Gasteiger partial charge in [-0.25, -0.2) is 9.78 Å². The van der Waals surface area contributed by atoms with E-state index in [1.165, 1.54) is 23.9 Å². The molecule has 0 aromatic carbocycles. The lowest BCUT2D eigenvalue weighted by Gasteiger charge is -2.12. The molecule has 0 aliphatic carbocycles. The smallest absolute Gasteiger partial charge is 0.324 e. The van der Waals surface area contributed by atoms with E-state index < -0.39 is 11.2 Å². The molecule has 8 nitrogen and oxygen atoms in total. The first-order chi connectivity index (χ1) is 10.4. The Labute approximate surface area is 126 Å². The molecule has 0 radical (unpaired) electrons. The van der Waals surface area contributed by atoms with Crippen LogP contribution in [0.5, 0.6) is 0 Å². The highest BCUT2D eigenvalue weighted by molar-refractivity contribution is 5.94. The molecule has 1 atom stereocenters. The fourth-order valence-electron chi connectivity index (χ4n) is 2.20. The first-order valence-corrected chi connectivity index (χ1v) is 6.88. The van der Waals surface area contributed by atoms with Gasteiger partial charge in [-0.3, -0.25) is 18.7 Å². The van der Waals surface area contributed by atoms with Crippen LogP contribution in [0.4, 0.5) is 5.69 Å². The van der Waals surface area contributed by atoms with Gasteiger partial charge in [-0.05, 0) is 13.1 Å². The van der Waals surface area contributed by atoms with Gasteiger partial charge < -0.3 is 10.6 Å². The average Bonchev–Trinajstić information content (AvgIpc) is 2.51. The topological polar surface area (TPSA) is 98.0 Å². The van der Waals surface area contributed by atoms with Gasteiger partial charge in [0.1, 0.15) is 5.65 Å². The predicted molar refractivity (Wildman–Crippen MR) is 83.9 cm³/mol. The van der Waals surface area contributed by atoms with Crippen LogP contribution in [0.25, 0.3) is 11.0 Å². The SMILES string of the molecule is CNCC(C)C(=O)Nc1cnc2c(c1)c(=O)n(C)c(=O)n2C. The van der Waals surface area contributed by atoms with Crippen molar-refractivity contribution < 1.29 is 4.79 Å². The summed E-state index contributed by atoms with van der Waals surface area (Å²) in [5, 5.41) is 5.93.